The topological polar surface area (TPSA) is 92.0 Å². The van der Waals surface area contributed by atoms with Crippen LogP contribution in [0.5, 0.6) is 5.75 Å². The van der Waals surface area contributed by atoms with Gasteiger partial charge in [0.15, 0.2) is 5.82 Å². The lowest BCUT2D eigenvalue weighted by atomic mass is 9.94. The van der Waals surface area contributed by atoms with Crippen molar-refractivity contribution in [1.29, 1.82) is 0 Å². The summed E-state index contributed by atoms with van der Waals surface area (Å²) in [6.45, 7) is 3.33. The smallest absolute Gasteiger partial charge is 0.254 e. The van der Waals surface area contributed by atoms with E-state index in [1.165, 1.54) is 19.3 Å². The van der Waals surface area contributed by atoms with Crippen molar-refractivity contribution in [2.75, 3.05) is 40.3 Å². The predicted octanol–water partition coefficient (Wildman–Crippen LogP) is 2.76. The van der Waals surface area contributed by atoms with Crippen molar-refractivity contribution in [2.24, 2.45) is 0 Å². The van der Waals surface area contributed by atoms with Crippen molar-refractivity contribution in [2.45, 2.75) is 57.5 Å². The van der Waals surface area contributed by atoms with Gasteiger partial charge in [0, 0.05) is 57.7 Å². The van der Waals surface area contributed by atoms with Crippen molar-refractivity contribution in [1.82, 2.24) is 24.8 Å². The highest BCUT2D eigenvalue weighted by Crippen LogP contribution is 2.22. The average Bonchev–Trinajstić information content (AvgIpc) is 3.34. The molecule has 0 N–H and O–H groups in total. The second-order valence-corrected chi connectivity index (χ2v) is 9.20. The summed E-state index contributed by atoms with van der Waals surface area (Å²) in [6, 6.07) is 7.62. The highest BCUT2D eigenvalue weighted by molar-refractivity contribution is 5.94. The van der Waals surface area contributed by atoms with Gasteiger partial charge in [0.2, 0.25) is 11.8 Å². The molecule has 1 aliphatic carbocycles. The van der Waals surface area contributed by atoms with Crippen LogP contribution in [0.3, 0.4) is 0 Å². The number of methoxy groups -OCH3 is 1. The number of hydrogen-bond donors (Lipinski definition) is 0. The number of carbonyl (C=O) groups is 2. The number of aryl methyl sites for hydroxylation is 1. The first-order chi connectivity index (χ1) is 16.5. The van der Waals surface area contributed by atoms with Crippen LogP contribution in [0, 0.1) is 0 Å². The Morgan fingerprint density at radius 3 is 2.65 bits per heavy atom. The van der Waals surface area contributed by atoms with Crippen molar-refractivity contribution < 1.29 is 18.8 Å². The van der Waals surface area contributed by atoms with Gasteiger partial charge >= 0.3 is 0 Å². The lowest BCUT2D eigenvalue weighted by Gasteiger charge is -2.34. The molecule has 1 saturated heterocycles. The third-order valence-corrected chi connectivity index (χ3v) is 6.92. The zero-order valence-corrected chi connectivity index (χ0v) is 20.2. The molecule has 2 fully saturated rings. The van der Waals surface area contributed by atoms with Crippen molar-refractivity contribution in [3.05, 3.63) is 41.5 Å². The first-order valence-corrected chi connectivity index (χ1v) is 12.3. The van der Waals surface area contributed by atoms with E-state index >= 15 is 0 Å². The molecule has 9 nitrogen and oxygen atoms in total. The summed E-state index contributed by atoms with van der Waals surface area (Å²) in [5.74, 6) is 1.97. The standard InChI is InChI=1S/C25H35N5O4/c1-28(20-8-4-3-5-9-20)24(31)12-11-23-26-22(27-34-23)18-29-13-15-30(16-14-29)25(32)19-7-6-10-21(17-19)33-2/h6-7,10,17,20H,3-5,8-9,11-16,18H2,1-2H3. The molecule has 184 valence electrons. The normalized spacial score (nSPS) is 17.5. The fourth-order valence-corrected chi connectivity index (χ4v) is 4.77. The summed E-state index contributed by atoms with van der Waals surface area (Å²) in [5, 5.41) is 4.10. The van der Waals surface area contributed by atoms with Gasteiger partial charge in [-0.3, -0.25) is 14.5 Å². The van der Waals surface area contributed by atoms with Crippen LogP contribution in [0.25, 0.3) is 0 Å². The van der Waals surface area contributed by atoms with Crippen LogP contribution in [0.1, 0.15) is 60.6 Å². The summed E-state index contributed by atoms with van der Waals surface area (Å²) in [5.41, 5.74) is 0.638. The molecular weight excluding hydrogens is 434 g/mol. The second-order valence-electron chi connectivity index (χ2n) is 9.20. The highest BCUT2D eigenvalue weighted by Gasteiger charge is 2.25. The molecule has 2 amide bonds. The van der Waals surface area contributed by atoms with Crippen LogP contribution in [0.2, 0.25) is 0 Å². The molecule has 0 bridgehead atoms. The lowest BCUT2D eigenvalue weighted by molar-refractivity contribution is -0.132. The van der Waals surface area contributed by atoms with E-state index in [9.17, 15) is 9.59 Å². The molecule has 2 aliphatic rings. The number of nitrogens with zero attached hydrogens (tertiary/aromatic N) is 5. The van der Waals surface area contributed by atoms with Gasteiger partial charge in [-0.15, -0.1) is 0 Å². The number of ether oxygens (including phenoxy) is 1. The summed E-state index contributed by atoms with van der Waals surface area (Å²) in [7, 11) is 3.51. The van der Waals surface area contributed by atoms with Gasteiger partial charge in [0.1, 0.15) is 5.75 Å². The van der Waals surface area contributed by atoms with E-state index < -0.39 is 0 Å². The Bertz CT molecular complexity index is 964. The predicted molar refractivity (Wildman–Crippen MR) is 126 cm³/mol. The number of hydrogen-bond acceptors (Lipinski definition) is 7. The van der Waals surface area contributed by atoms with Gasteiger partial charge in [-0.25, -0.2) is 0 Å². The van der Waals surface area contributed by atoms with Crippen LogP contribution in [0.4, 0.5) is 0 Å². The summed E-state index contributed by atoms with van der Waals surface area (Å²) < 4.78 is 10.6. The van der Waals surface area contributed by atoms with Crippen molar-refractivity contribution >= 4 is 11.8 Å². The third-order valence-electron chi connectivity index (χ3n) is 6.92. The molecule has 2 aromatic rings. The first-order valence-electron chi connectivity index (χ1n) is 12.3. The van der Waals surface area contributed by atoms with E-state index in [1.807, 2.05) is 35.0 Å². The number of amides is 2. The Balaban J connectivity index is 1.21. The molecule has 34 heavy (non-hydrogen) atoms. The van der Waals surface area contributed by atoms with E-state index in [-0.39, 0.29) is 11.8 Å². The minimum atomic E-state index is 0.0169. The van der Waals surface area contributed by atoms with E-state index in [4.69, 9.17) is 9.26 Å². The average molecular weight is 470 g/mol. The Morgan fingerprint density at radius 2 is 1.91 bits per heavy atom. The molecule has 4 rings (SSSR count). The molecule has 1 aromatic heterocycles. The monoisotopic (exact) mass is 469 g/mol. The van der Waals surface area contributed by atoms with E-state index in [1.54, 1.807) is 13.2 Å². The minimum Gasteiger partial charge on any atom is -0.497 e. The van der Waals surface area contributed by atoms with Crippen LogP contribution in [0.15, 0.2) is 28.8 Å². The summed E-state index contributed by atoms with van der Waals surface area (Å²) in [6.07, 6.45) is 6.75. The summed E-state index contributed by atoms with van der Waals surface area (Å²) in [4.78, 5) is 35.8. The molecule has 1 aromatic carbocycles. The fourth-order valence-electron chi connectivity index (χ4n) is 4.77. The van der Waals surface area contributed by atoms with Crippen LogP contribution in [-0.4, -0.2) is 83.0 Å². The van der Waals surface area contributed by atoms with Gasteiger partial charge in [-0.2, -0.15) is 4.98 Å². The molecule has 0 atom stereocenters. The van der Waals surface area contributed by atoms with Gasteiger partial charge in [-0.05, 0) is 31.0 Å². The maximum atomic E-state index is 12.8. The molecule has 1 saturated carbocycles. The fraction of sp³-hybridized carbons (Fsp3) is 0.600. The SMILES string of the molecule is COc1cccc(C(=O)N2CCN(Cc3noc(CCC(=O)N(C)C4CCCCC4)n3)CC2)c1. The molecule has 9 heteroatoms. The first kappa shape index (κ1) is 24.2. The van der Waals surface area contributed by atoms with Crippen LogP contribution >= 0.6 is 0 Å². The maximum Gasteiger partial charge on any atom is 0.254 e. The van der Waals surface area contributed by atoms with Gasteiger partial charge in [0.05, 0.1) is 13.7 Å². The lowest BCUT2D eigenvalue weighted by Crippen LogP contribution is -2.48. The van der Waals surface area contributed by atoms with Crippen molar-refractivity contribution in [3.63, 3.8) is 0 Å². The second kappa shape index (κ2) is 11.5. The largest absolute Gasteiger partial charge is 0.497 e. The minimum absolute atomic E-state index is 0.0169. The number of piperazine rings is 1. The molecule has 0 unspecified atom stereocenters. The quantitative estimate of drug-likeness (QED) is 0.587. The Hall–Kier alpha value is -2.94. The Labute approximate surface area is 201 Å². The summed E-state index contributed by atoms with van der Waals surface area (Å²) >= 11 is 0. The molecule has 2 heterocycles. The van der Waals surface area contributed by atoms with E-state index in [0.29, 0.717) is 61.5 Å². The zero-order valence-electron chi connectivity index (χ0n) is 20.2. The number of aromatic nitrogens is 2. The maximum absolute atomic E-state index is 12.8. The molecular formula is C25H35N5O4. The number of benzene rings is 1. The van der Waals surface area contributed by atoms with E-state index in [2.05, 4.69) is 15.0 Å². The van der Waals surface area contributed by atoms with Crippen LogP contribution < -0.4 is 4.74 Å². The molecule has 0 radical (unpaired) electrons. The van der Waals surface area contributed by atoms with Crippen molar-refractivity contribution in [3.8, 4) is 5.75 Å². The Morgan fingerprint density at radius 1 is 1.15 bits per heavy atom. The zero-order chi connectivity index (χ0) is 23.9. The third kappa shape index (κ3) is 6.14. The molecule has 1 aliphatic heterocycles. The van der Waals surface area contributed by atoms with Gasteiger partial charge in [-0.1, -0.05) is 30.5 Å². The van der Waals surface area contributed by atoms with E-state index in [0.717, 1.165) is 25.9 Å². The van der Waals surface area contributed by atoms with Gasteiger partial charge < -0.3 is 19.1 Å². The number of rotatable bonds is 8. The highest BCUT2D eigenvalue weighted by atomic mass is 16.5. The molecule has 0 spiro atoms. The van der Waals surface area contributed by atoms with Gasteiger partial charge in [0.25, 0.3) is 5.91 Å². The van der Waals surface area contributed by atoms with Crippen LogP contribution in [-0.2, 0) is 17.8 Å². The Kier molecular flexibility index (Phi) is 8.16. The number of carbonyl (C=O) groups excluding carboxylic acids is 2.